The molecule has 32 heavy (non-hydrogen) atoms. The van der Waals surface area contributed by atoms with Crippen LogP contribution in [0.3, 0.4) is 0 Å². The molecule has 12 heteroatoms. The van der Waals surface area contributed by atoms with Crippen molar-refractivity contribution in [2.24, 2.45) is 4.99 Å². The van der Waals surface area contributed by atoms with Crippen molar-refractivity contribution in [1.29, 1.82) is 0 Å². The number of fused-ring (bicyclic) bond motifs is 1. The van der Waals surface area contributed by atoms with Gasteiger partial charge >= 0.3 is 6.03 Å². The zero-order valence-electron chi connectivity index (χ0n) is 17.7. The number of nitro benzene ring substituents is 1. The standard InChI is InChI=1S/C20H26N6O6/c1-23-17-16(18(28)22-20(23)29)25(19(21-17)24-9-3-2-4-10-24)11-14(27)12-32-15-7-5-13(6-8-15)26(30)31/h5-8,14,16-17,27H,2-4,9-12H2,1H3,(H,22,28,29). The Kier molecular flexibility index (Phi) is 6.12. The number of nitrogens with zero attached hydrogens (tertiary/aromatic N) is 5. The van der Waals surface area contributed by atoms with E-state index < -0.39 is 35.2 Å². The summed E-state index contributed by atoms with van der Waals surface area (Å²) in [5, 5.41) is 23.8. The molecule has 4 rings (SSSR count). The number of nitrogens with one attached hydrogen (secondary N) is 1. The van der Waals surface area contributed by atoms with E-state index in [0.717, 1.165) is 32.4 Å². The fraction of sp³-hybridized carbons (Fsp3) is 0.550. The van der Waals surface area contributed by atoms with Crippen LogP contribution in [0.5, 0.6) is 5.75 Å². The second-order valence-electron chi connectivity index (χ2n) is 8.11. The van der Waals surface area contributed by atoms with Gasteiger partial charge in [-0.3, -0.25) is 20.2 Å². The summed E-state index contributed by atoms with van der Waals surface area (Å²) in [4.78, 5) is 44.9. The number of ether oxygens (including phenoxy) is 1. The van der Waals surface area contributed by atoms with E-state index in [1.54, 1.807) is 11.9 Å². The number of piperidine rings is 1. The molecular weight excluding hydrogens is 420 g/mol. The fourth-order valence-corrected chi connectivity index (χ4v) is 4.20. The number of hydrogen-bond acceptors (Lipinski definition) is 9. The minimum absolute atomic E-state index is 0.0506. The average molecular weight is 446 g/mol. The SMILES string of the molecule is CN1C(=O)NC(=O)C2C1N=C(N1CCCCC1)N2CC(O)COc1ccc([N+](=O)[O-])cc1. The first-order valence-corrected chi connectivity index (χ1v) is 10.6. The molecule has 0 saturated carbocycles. The van der Waals surface area contributed by atoms with Gasteiger partial charge in [-0.25, -0.2) is 9.79 Å². The van der Waals surface area contributed by atoms with Crippen LogP contribution in [0.1, 0.15) is 19.3 Å². The number of amides is 3. The van der Waals surface area contributed by atoms with Gasteiger partial charge in [-0.1, -0.05) is 0 Å². The van der Waals surface area contributed by atoms with E-state index in [0.29, 0.717) is 11.7 Å². The molecule has 3 heterocycles. The predicted octanol–water partition coefficient (Wildman–Crippen LogP) is 0.368. The molecule has 0 radical (unpaired) electrons. The summed E-state index contributed by atoms with van der Waals surface area (Å²) in [5.74, 6) is 0.544. The van der Waals surface area contributed by atoms with Crippen molar-refractivity contribution in [3.63, 3.8) is 0 Å². The molecule has 0 bridgehead atoms. The zero-order valence-corrected chi connectivity index (χ0v) is 17.7. The number of guanidine groups is 1. The van der Waals surface area contributed by atoms with Gasteiger partial charge in [0.2, 0.25) is 0 Å². The van der Waals surface area contributed by atoms with E-state index >= 15 is 0 Å². The summed E-state index contributed by atoms with van der Waals surface area (Å²) in [7, 11) is 1.59. The van der Waals surface area contributed by atoms with Gasteiger partial charge in [-0.2, -0.15) is 0 Å². The Bertz CT molecular complexity index is 916. The van der Waals surface area contributed by atoms with Crippen molar-refractivity contribution in [1.82, 2.24) is 20.0 Å². The van der Waals surface area contributed by atoms with Gasteiger partial charge in [0.05, 0.1) is 11.5 Å². The van der Waals surface area contributed by atoms with E-state index in [4.69, 9.17) is 9.73 Å². The molecule has 0 spiro atoms. The number of likely N-dealkylation sites (N-methyl/N-ethyl adjacent to an activating group) is 1. The Labute approximate surface area is 184 Å². The molecule has 2 saturated heterocycles. The maximum Gasteiger partial charge on any atom is 0.325 e. The number of aliphatic imine (C=N–C) groups is 1. The second-order valence-corrected chi connectivity index (χ2v) is 8.11. The number of carbonyl (C=O) groups excluding carboxylic acids is 2. The van der Waals surface area contributed by atoms with E-state index in [2.05, 4.69) is 10.2 Å². The largest absolute Gasteiger partial charge is 0.491 e. The molecule has 2 N–H and O–H groups in total. The molecule has 3 atom stereocenters. The number of imide groups is 1. The minimum atomic E-state index is -0.963. The van der Waals surface area contributed by atoms with Gasteiger partial charge in [0.25, 0.3) is 11.6 Å². The van der Waals surface area contributed by atoms with E-state index in [1.165, 1.54) is 29.2 Å². The van der Waals surface area contributed by atoms with Crippen LogP contribution >= 0.6 is 0 Å². The number of benzene rings is 1. The lowest BCUT2D eigenvalue weighted by Crippen LogP contribution is -2.65. The lowest BCUT2D eigenvalue weighted by atomic mass is 10.1. The summed E-state index contributed by atoms with van der Waals surface area (Å²) in [6.45, 7) is 1.60. The molecule has 2 fully saturated rings. The van der Waals surface area contributed by atoms with Crippen LogP contribution in [0.15, 0.2) is 29.3 Å². The number of aliphatic hydroxyl groups excluding tert-OH is 1. The van der Waals surface area contributed by atoms with Crippen molar-refractivity contribution in [3.05, 3.63) is 34.4 Å². The van der Waals surface area contributed by atoms with Crippen molar-refractivity contribution >= 4 is 23.6 Å². The smallest absolute Gasteiger partial charge is 0.325 e. The summed E-state index contributed by atoms with van der Waals surface area (Å²) in [5.41, 5.74) is -0.0506. The molecule has 172 valence electrons. The molecule has 3 aliphatic heterocycles. The normalized spacial score (nSPS) is 24.1. The van der Waals surface area contributed by atoms with E-state index in [1.807, 2.05) is 0 Å². The number of β-amino-alcohol motifs (C(OH)–C–C–N with tert-alkyl or cyclic N) is 1. The number of non-ortho nitro benzene ring substituents is 1. The first kappa shape index (κ1) is 21.8. The molecule has 3 aliphatic rings. The van der Waals surface area contributed by atoms with Gasteiger partial charge in [0.1, 0.15) is 18.5 Å². The van der Waals surface area contributed by atoms with Crippen LogP contribution in [-0.4, -0.2) is 94.2 Å². The quantitative estimate of drug-likeness (QED) is 0.472. The van der Waals surface area contributed by atoms with Crippen LogP contribution < -0.4 is 10.1 Å². The first-order chi connectivity index (χ1) is 15.3. The number of urea groups is 1. The summed E-state index contributed by atoms with van der Waals surface area (Å²) in [6.07, 6.45) is 1.52. The molecule has 12 nitrogen and oxygen atoms in total. The van der Waals surface area contributed by atoms with Gasteiger partial charge in [-0.05, 0) is 31.4 Å². The van der Waals surface area contributed by atoms with Crippen molar-refractivity contribution < 1.29 is 24.4 Å². The number of carbonyl (C=O) groups is 2. The number of aliphatic hydroxyl groups is 1. The monoisotopic (exact) mass is 446 g/mol. The van der Waals surface area contributed by atoms with Crippen LogP contribution in [0.25, 0.3) is 0 Å². The highest BCUT2D eigenvalue weighted by molar-refractivity contribution is 6.03. The Morgan fingerprint density at radius 3 is 2.59 bits per heavy atom. The van der Waals surface area contributed by atoms with Crippen LogP contribution in [-0.2, 0) is 4.79 Å². The van der Waals surface area contributed by atoms with Crippen LogP contribution in [0.2, 0.25) is 0 Å². The highest BCUT2D eigenvalue weighted by Crippen LogP contribution is 2.27. The molecule has 3 amide bonds. The minimum Gasteiger partial charge on any atom is -0.491 e. The summed E-state index contributed by atoms with van der Waals surface area (Å²) < 4.78 is 5.58. The zero-order chi connectivity index (χ0) is 22.8. The molecule has 3 unspecified atom stereocenters. The van der Waals surface area contributed by atoms with Gasteiger partial charge < -0.3 is 24.5 Å². The van der Waals surface area contributed by atoms with Crippen LogP contribution in [0.4, 0.5) is 10.5 Å². The maximum absolute atomic E-state index is 12.7. The number of nitro groups is 1. The topological polar surface area (TPSA) is 141 Å². The van der Waals surface area contributed by atoms with Gasteiger partial charge in [0.15, 0.2) is 18.2 Å². The van der Waals surface area contributed by atoms with Crippen molar-refractivity contribution in [3.8, 4) is 5.75 Å². The lowest BCUT2D eigenvalue weighted by molar-refractivity contribution is -0.384. The molecule has 0 aromatic heterocycles. The third-order valence-corrected chi connectivity index (χ3v) is 5.88. The van der Waals surface area contributed by atoms with Crippen molar-refractivity contribution in [2.45, 2.75) is 37.6 Å². The van der Waals surface area contributed by atoms with Gasteiger partial charge in [0, 0.05) is 32.3 Å². The van der Waals surface area contributed by atoms with Crippen LogP contribution in [0, 0.1) is 10.1 Å². The molecule has 0 aliphatic carbocycles. The predicted molar refractivity (Wildman–Crippen MR) is 113 cm³/mol. The third kappa shape index (κ3) is 4.31. The highest BCUT2D eigenvalue weighted by atomic mass is 16.6. The number of rotatable bonds is 6. The summed E-state index contributed by atoms with van der Waals surface area (Å²) in [6, 6.07) is 4.35. The van der Waals surface area contributed by atoms with E-state index in [-0.39, 0.29) is 18.8 Å². The number of likely N-dealkylation sites (tertiary alicyclic amines) is 1. The molecular formula is C20H26N6O6. The van der Waals surface area contributed by atoms with Crippen molar-refractivity contribution in [2.75, 3.05) is 33.3 Å². The van der Waals surface area contributed by atoms with Gasteiger partial charge in [-0.15, -0.1) is 0 Å². The summed E-state index contributed by atoms with van der Waals surface area (Å²) >= 11 is 0. The Hall–Kier alpha value is -3.41. The number of hydrogen-bond donors (Lipinski definition) is 2. The Morgan fingerprint density at radius 1 is 1.25 bits per heavy atom. The fourth-order valence-electron chi connectivity index (χ4n) is 4.20. The molecule has 1 aromatic carbocycles. The second kappa shape index (κ2) is 8.99. The molecule has 1 aromatic rings. The lowest BCUT2D eigenvalue weighted by Gasteiger charge is -2.39. The van der Waals surface area contributed by atoms with E-state index in [9.17, 15) is 24.8 Å². The Morgan fingerprint density at radius 2 is 1.94 bits per heavy atom. The highest BCUT2D eigenvalue weighted by Gasteiger charge is 2.50. The maximum atomic E-state index is 12.7. The Balaban J connectivity index is 1.46. The first-order valence-electron chi connectivity index (χ1n) is 10.6. The third-order valence-electron chi connectivity index (χ3n) is 5.88. The average Bonchev–Trinajstić information content (AvgIpc) is 3.17.